The van der Waals surface area contributed by atoms with Crippen molar-refractivity contribution >= 4 is 37.5 Å². The number of rotatable bonds is 3. The maximum absolute atomic E-state index is 11.0. The van der Waals surface area contributed by atoms with E-state index in [0.717, 1.165) is 0 Å². The van der Waals surface area contributed by atoms with E-state index in [4.69, 9.17) is 4.74 Å². The van der Waals surface area contributed by atoms with Gasteiger partial charge in [-0.3, -0.25) is 10.1 Å². The van der Waals surface area contributed by atoms with Crippen molar-refractivity contribution in [3.63, 3.8) is 0 Å². The van der Waals surface area contributed by atoms with Crippen LogP contribution in [0.1, 0.15) is 5.56 Å². The van der Waals surface area contributed by atoms with Crippen LogP contribution >= 0.6 is 31.9 Å². The molecule has 0 bridgehead atoms. The molecule has 98 valence electrons. The van der Waals surface area contributed by atoms with Crippen LogP contribution in [-0.2, 0) is 0 Å². The molecule has 0 saturated heterocycles. The van der Waals surface area contributed by atoms with E-state index in [1.165, 1.54) is 18.5 Å². The van der Waals surface area contributed by atoms with Crippen LogP contribution in [0.25, 0.3) is 0 Å². The molecule has 0 spiro atoms. The summed E-state index contributed by atoms with van der Waals surface area (Å²) < 4.78 is 6.71. The van der Waals surface area contributed by atoms with Crippen molar-refractivity contribution in [1.29, 1.82) is 0 Å². The Morgan fingerprint density at radius 3 is 2.42 bits per heavy atom. The average Bonchev–Trinajstić information content (AvgIpc) is 2.34. The van der Waals surface area contributed by atoms with Gasteiger partial charge in [-0.15, -0.1) is 0 Å². The van der Waals surface area contributed by atoms with Crippen LogP contribution in [0.3, 0.4) is 0 Å². The highest BCUT2D eigenvalue weighted by atomic mass is 79.9. The Morgan fingerprint density at radius 1 is 1.21 bits per heavy atom. The van der Waals surface area contributed by atoms with Crippen molar-refractivity contribution in [1.82, 2.24) is 9.97 Å². The predicted molar refractivity (Wildman–Crippen MR) is 75.3 cm³/mol. The number of hydrogen-bond donors (Lipinski definition) is 0. The van der Waals surface area contributed by atoms with Crippen molar-refractivity contribution in [2.24, 2.45) is 0 Å². The van der Waals surface area contributed by atoms with Gasteiger partial charge in [0, 0.05) is 28.5 Å². The van der Waals surface area contributed by atoms with Gasteiger partial charge in [0.1, 0.15) is 0 Å². The zero-order chi connectivity index (χ0) is 14.0. The molecular weight excluding hydrogens is 382 g/mol. The molecular formula is C11H7Br2N3O3. The van der Waals surface area contributed by atoms with E-state index < -0.39 is 4.92 Å². The molecule has 0 saturated carbocycles. The molecule has 0 aliphatic rings. The van der Waals surface area contributed by atoms with Crippen molar-refractivity contribution in [2.75, 3.05) is 0 Å². The number of aromatic nitrogens is 2. The third-order valence-electron chi connectivity index (χ3n) is 2.21. The smallest absolute Gasteiger partial charge is 0.322 e. The topological polar surface area (TPSA) is 78.2 Å². The van der Waals surface area contributed by atoms with Gasteiger partial charge in [0.15, 0.2) is 0 Å². The highest BCUT2D eigenvalue weighted by Crippen LogP contribution is 2.36. The molecule has 0 atom stereocenters. The van der Waals surface area contributed by atoms with E-state index in [-0.39, 0.29) is 17.4 Å². The van der Waals surface area contributed by atoms with Gasteiger partial charge in [-0.2, -0.15) is 0 Å². The van der Waals surface area contributed by atoms with Gasteiger partial charge in [0.25, 0.3) is 0 Å². The van der Waals surface area contributed by atoms with E-state index in [2.05, 4.69) is 41.8 Å². The second kappa shape index (κ2) is 5.62. The number of halogens is 2. The highest BCUT2D eigenvalue weighted by Gasteiger charge is 2.20. The number of nitro groups is 1. The van der Waals surface area contributed by atoms with E-state index in [1.54, 1.807) is 13.0 Å². The SMILES string of the molecule is Cc1cc(Br)cc([N+](=O)[O-])c1Oc1ncc(Br)cn1. The summed E-state index contributed by atoms with van der Waals surface area (Å²) in [4.78, 5) is 18.4. The molecule has 19 heavy (non-hydrogen) atoms. The van der Waals surface area contributed by atoms with Crippen LogP contribution in [-0.4, -0.2) is 14.9 Å². The Hall–Kier alpha value is -1.54. The first-order chi connectivity index (χ1) is 8.97. The lowest BCUT2D eigenvalue weighted by Crippen LogP contribution is -1.98. The maximum Gasteiger partial charge on any atom is 0.322 e. The fraction of sp³-hybridized carbons (Fsp3) is 0.0909. The first-order valence-electron chi connectivity index (χ1n) is 5.07. The molecule has 1 aromatic carbocycles. The van der Waals surface area contributed by atoms with E-state index >= 15 is 0 Å². The number of nitrogens with zero attached hydrogens (tertiary/aromatic N) is 3. The normalized spacial score (nSPS) is 10.3. The fourth-order valence-electron chi connectivity index (χ4n) is 1.43. The number of aryl methyl sites for hydroxylation is 1. The second-order valence-corrected chi connectivity index (χ2v) is 5.45. The Labute approximate surface area is 125 Å². The van der Waals surface area contributed by atoms with Crippen LogP contribution in [0.15, 0.2) is 33.5 Å². The van der Waals surface area contributed by atoms with E-state index in [1.807, 2.05) is 0 Å². The molecule has 1 aromatic heterocycles. The lowest BCUT2D eigenvalue weighted by Gasteiger charge is -2.08. The zero-order valence-corrected chi connectivity index (χ0v) is 12.8. The van der Waals surface area contributed by atoms with Gasteiger partial charge < -0.3 is 4.74 Å². The van der Waals surface area contributed by atoms with Gasteiger partial charge in [-0.1, -0.05) is 15.9 Å². The van der Waals surface area contributed by atoms with Crippen LogP contribution in [0.4, 0.5) is 5.69 Å². The summed E-state index contributed by atoms with van der Waals surface area (Å²) in [5, 5.41) is 11.0. The molecule has 0 aliphatic carbocycles. The average molecular weight is 389 g/mol. The fourth-order valence-corrected chi connectivity index (χ4v) is 2.19. The van der Waals surface area contributed by atoms with Gasteiger partial charge in [0.2, 0.25) is 5.75 Å². The van der Waals surface area contributed by atoms with Gasteiger partial charge >= 0.3 is 11.7 Å². The standard InChI is InChI=1S/C11H7Br2N3O3/c1-6-2-7(12)3-9(16(17)18)10(6)19-11-14-4-8(13)5-15-11/h2-5H,1H3. The number of hydrogen-bond acceptors (Lipinski definition) is 5. The molecule has 0 aliphatic heterocycles. The molecule has 0 fully saturated rings. The molecule has 0 unspecified atom stereocenters. The van der Waals surface area contributed by atoms with Crippen LogP contribution < -0.4 is 4.74 Å². The number of ether oxygens (including phenoxy) is 1. The van der Waals surface area contributed by atoms with Crippen molar-refractivity contribution in [2.45, 2.75) is 6.92 Å². The molecule has 2 rings (SSSR count). The van der Waals surface area contributed by atoms with Crippen LogP contribution in [0, 0.1) is 17.0 Å². The number of nitro benzene ring substituents is 1. The van der Waals surface area contributed by atoms with Crippen molar-refractivity contribution < 1.29 is 9.66 Å². The summed E-state index contributed by atoms with van der Waals surface area (Å²) in [7, 11) is 0. The number of benzene rings is 1. The minimum absolute atomic E-state index is 0.0525. The van der Waals surface area contributed by atoms with E-state index in [0.29, 0.717) is 14.5 Å². The minimum Gasteiger partial charge on any atom is -0.417 e. The molecule has 0 amide bonds. The summed E-state index contributed by atoms with van der Waals surface area (Å²) >= 11 is 6.41. The third-order valence-corrected chi connectivity index (χ3v) is 3.07. The lowest BCUT2D eigenvalue weighted by atomic mass is 10.2. The van der Waals surface area contributed by atoms with Crippen LogP contribution in [0.5, 0.6) is 11.8 Å². The van der Waals surface area contributed by atoms with Crippen molar-refractivity contribution in [3.05, 3.63) is 49.1 Å². The summed E-state index contributed by atoms with van der Waals surface area (Å²) in [6.45, 7) is 1.71. The van der Waals surface area contributed by atoms with E-state index in [9.17, 15) is 10.1 Å². The Bertz CT molecular complexity index is 632. The summed E-state index contributed by atoms with van der Waals surface area (Å²) in [5.41, 5.74) is 0.478. The Balaban J connectivity index is 2.44. The van der Waals surface area contributed by atoms with Crippen molar-refractivity contribution in [3.8, 4) is 11.8 Å². The molecule has 2 aromatic rings. The maximum atomic E-state index is 11.0. The largest absolute Gasteiger partial charge is 0.417 e. The first kappa shape index (κ1) is 13.9. The summed E-state index contributed by atoms with van der Waals surface area (Å²) in [6, 6.07) is 3.15. The summed E-state index contributed by atoms with van der Waals surface area (Å²) in [5.74, 6) is 0.135. The Morgan fingerprint density at radius 2 is 1.84 bits per heavy atom. The molecule has 0 N–H and O–H groups in total. The van der Waals surface area contributed by atoms with Gasteiger partial charge in [-0.25, -0.2) is 9.97 Å². The van der Waals surface area contributed by atoms with Gasteiger partial charge in [0.05, 0.1) is 9.40 Å². The minimum atomic E-state index is -0.508. The Kier molecular flexibility index (Phi) is 4.11. The van der Waals surface area contributed by atoms with Crippen LogP contribution in [0.2, 0.25) is 0 Å². The zero-order valence-electron chi connectivity index (χ0n) is 9.63. The molecule has 6 nitrogen and oxygen atoms in total. The highest BCUT2D eigenvalue weighted by molar-refractivity contribution is 9.10. The monoisotopic (exact) mass is 387 g/mol. The third kappa shape index (κ3) is 3.27. The molecule has 8 heteroatoms. The lowest BCUT2D eigenvalue weighted by molar-refractivity contribution is -0.385. The second-order valence-electron chi connectivity index (χ2n) is 3.61. The first-order valence-corrected chi connectivity index (χ1v) is 6.66. The molecule has 0 radical (unpaired) electrons. The summed E-state index contributed by atoms with van der Waals surface area (Å²) in [6.07, 6.45) is 3.00. The van der Waals surface area contributed by atoms with Gasteiger partial charge in [-0.05, 0) is 28.9 Å². The molecule has 1 heterocycles. The predicted octanol–water partition coefficient (Wildman–Crippen LogP) is 4.01. The quantitative estimate of drug-likeness (QED) is 0.586.